The molecule has 1 amide bonds. The summed E-state index contributed by atoms with van der Waals surface area (Å²) in [6.45, 7) is 0. The van der Waals surface area contributed by atoms with Crippen molar-refractivity contribution in [2.24, 2.45) is 0 Å². The van der Waals surface area contributed by atoms with Crippen LogP contribution in [0.25, 0.3) is 5.69 Å². The number of rotatable bonds is 6. The summed E-state index contributed by atoms with van der Waals surface area (Å²) in [6, 6.07) is 25.5. The van der Waals surface area contributed by atoms with Gasteiger partial charge in [0.2, 0.25) is 0 Å². The van der Waals surface area contributed by atoms with Crippen LogP contribution in [-0.2, 0) is 5.75 Å². The Morgan fingerprint density at radius 1 is 0.929 bits per heavy atom. The number of amides is 1. The molecule has 0 aliphatic rings. The van der Waals surface area contributed by atoms with Gasteiger partial charge >= 0.3 is 0 Å². The van der Waals surface area contributed by atoms with Crippen molar-refractivity contribution < 1.29 is 4.79 Å². The van der Waals surface area contributed by atoms with Crippen LogP contribution in [0.2, 0.25) is 0 Å². The Balaban J connectivity index is 1.43. The molecular weight excluding hydrogens is 368 g/mol. The number of carbonyl (C=O) groups excluding carboxylic acids is 1. The van der Waals surface area contributed by atoms with Crippen LogP contribution in [0, 0.1) is 0 Å². The van der Waals surface area contributed by atoms with Crippen molar-refractivity contribution >= 4 is 23.4 Å². The Bertz CT molecular complexity index is 1050. The van der Waals surface area contributed by atoms with E-state index in [1.54, 1.807) is 28.8 Å². The zero-order chi connectivity index (χ0) is 19.2. The number of benzene rings is 3. The Hall–Kier alpha value is -3.38. The average Bonchev–Trinajstić information content (AvgIpc) is 3.28. The van der Waals surface area contributed by atoms with E-state index in [4.69, 9.17) is 0 Å². The van der Waals surface area contributed by atoms with E-state index >= 15 is 0 Å². The summed E-state index contributed by atoms with van der Waals surface area (Å²) in [4.78, 5) is 13.8. The fourth-order valence-electron chi connectivity index (χ4n) is 2.75. The maximum absolute atomic E-state index is 12.7. The molecule has 1 N–H and O–H groups in total. The second-order valence-electron chi connectivity index (χ2n) is 6.12. The van der Waals surface area contributed by atoms with E-state index in [9.17, 15) is 4.79 Å². The van der Waals surface area contributed by atoms with Gasteiger partial charge in [-0.3, -0.25) is 4.79 Å². The molecule has 0 fully saturated rings. The molecule has 0 unspecified atom stereocenters. The molecule has 0 spiro atoms. The molecule has 0 atom stereocenters. The van der Waals surface area contributed by atoms with Crippen molar-refractivity contribution in [2.45, 2.75) is 10.6 Å². The summed E-state index contributed by atoms with van der Waals surface area (Å²) in [5, 5.41) is 10.8. The molecule has 0 aliphatic heterocycles. The fourth-order valence-corrected chi connectivity index (χ4v) is 3.61. The van der Waals surface area contributed by atoms with Crippen molar-refractivity contribution in [3.05, 3.63) is 102 Å². The van der Waals surface area contributed by atoms with Crippen molar-refractivity contribution in [3.8, 4) is 5.69 Å². The number of thioether (sulfide) groups is 1. The van der Waals surface area contributed by atoms with Gasteiger partial charge in [0.25, 0.3) is 5.91 Å². The van der Waals surface area contributed by atoms with Crippen LogP contribution < -0.4 is 5.32 Å². The predicted octanol–water partition coefficient (Wildman–Crippen LogP) is 4.81. The lowest BCUT2D eigenvalue weighted by atomic mass is 10.2. The third-order valence-electron chi connectivity index (χ3n) is 4.19. The van der Waals surface area contributed by atoms with Gasteiger partial charge < -0.3 is 5.32 Å². The maximum atomic E-state index is 12.7. The SMILES string of the molecule is O=C(Nc1ccccc1-n1ccnn1)c1ccc(SCc2ccccc2)cc1. The van der Waals surface area contributed by atoms with Crippen LogP contribution in [0.5, 0.6) is 0 Å². The fraction of sp³-hybridized carbons (Fsp3) is 0.0455. The maximum Gasteiger partial charge on any atom is 0.255 e. The number of nitrogens with zero attached hydrogens (tertiary/aromatic N) is 3. The van der Waals surface area contributed by atoms with Gasteiger partial charge in [-0.1, -0.05) is 47.7 Å². The summed E-state index contributed by atoms with van der Waals surface area (Å²) < 4.78 is 1.62. The van der Waals surface area contributed by atoms with Gasteiger partial charge in [-0.2, -0.15) is 0 Å². The molecule has 0 saturated carbocycles. The number of hydrogen-bond donors (Lipinski definition) is 1. The third-order valence-corrected chi connectivity index (χ3v) is 5.27. The molecule has 28 heavy (non-hydrogen) atoms. The van der Waals surface area contributed by atoms with E-state index in [0.29, 0.717) is 11.3 Å². The highest BCUT2D eigenvalue weighted by molar-refractivity contribution is 7.98. The van der Waals surface area contributed by atoms with Crippen LogP contribution in [0.1, 0.15) is 15.9 Å². The van der Waals surface area contributed by atoms with E-state index in [2.05, 4.69) is 27.8 Å². The van der Waals surface area contributed by atoms with E-state index in [1.165, 1.54) is 5.56 Å². The Kier molecular flexibility index (Phi) is 5.49. The summed E-state index contributed by atoms with van der Waals surface area (Å²) in [7, 11) is 0. The lowest BCUT2D eigenvalue weighted by Gasteiger charge is -2.11. The largest absolute Gasteiger partial charge is 0.320 e. The first-order valence-corrected chi connectivity index (χ1v) is 9.82. The van der Waals surface area contributed by atoms with Gasteiger partial charge in [0.1, 0.15) is 0 Å². The molecule has 1 aromatic heterocycles. The van der Waals surface area contributed by atoms with E-state index in [-0.39, 0.29) is 5.91 Å². The van der Waals surface area contributed by atoms with Gasteiger partial charge in [0.15, 0.2) is 0 Å². The first-order chi connectivity index (χ1) is 13.8. The summed E-state index contributed by atoms with van der Waals surface area (Å²) >= 11 is 1.75. The van der Waals surface area contributed by atoms with E-state index in [1.807, 2.05) is 66.7 Å². The quantitative estimate of drug-likeness (QED) is 0.483. The smallest absolute Gasteiger partial charge is 0.255 e. The standard InChI is InChI=1S/C22H18N4OS/c27-22(24-20-8-4-5-9-21(20)26-15-14-23-25-26)18-10-12-19(13-11-18)28-16-17-6-2-1-3-7-17/h1-15H,16H2,(H,24,27). The molecule has 0 aliphatic carbocycles. The zero-order valence-corrected chi connectivity index (χ0v) is 15.8. The van der Waals surface area contributed by atoms with Gasteiger partial charge in [0, 0.05) is 16.2 Å². The molecule has 3 aromatic carbocycles. The highest BCUT2D eigenvalue weighted by atomic mass is 32.2. The van der Waals surface area contributed by atoms with Crippen LogP contribution in [-0.4, -0.2) is 20.9 Å². The second-order valence-corrected chi connectivity index (χ2v) is 7.17. The van der Waals surface area contributed by atoms with Gasteiger partial charge in [-0.25, -0.2) is 4.68 Å². The summed E-state index contributed by atoms with van der Waals surface area (Å²) in [5.74, 6) is 0.740. The van der Waals surface area contributed by atoms with Crippen LogP contribution in [0.3, 0.4) is 0 Å². The third kappa shape index (κ3) is 4.29. The summed E-state index contributed by atoms with van der Waals surface area (Å²) in [6.07, 6.45) is 3.34. The van der Waals surface area contributed by atoms with Gasteiger partial charge in [0.05, 0.1) is 23.8 Å². The average molecular weight is 386 g/mol. The van der Waals surface area contributed by atoms with E-state index in [0.717, 1.165) is 16.3 Å². The summed E-state index contributed by atoms with van der Waals surface area (Å²) in [5.41, 5.74) is 3.33. The van der Waals surface area contributed by atoms with E-state index < -0.39 is 0 Å². The number of carbonyl (C=O) groups is 1. The lowest BCUT2D eigenvalue weighted by Crippen LogP contribution is -2.14. The monoisotopic (exact) mass is 386 g/mol. The Labute approximate surface area is 167 Å². The van der Waals surface area contributed by atoms with Crippen molar-refractivity contribution in [1.82, 2.24) is 15.0 Å². The van der Waals surface area contributed by atoms with Crippen molar-refractivity contribution in [2.75, 3.05) is 5.32 Å². The normalized spacial score (nSPS) is 10.6. The molecule has 0 saturated heterocycles. The highest BCUT2D eigenvalue weighted by Gasteiger charge is 2.10. The van der Waals surface area contributed by atoms with Crippen LogP contribution in [0.15, 0.2) is 96.2 Å². The molecule has 0 radical (unpaired) electrons. The van der Waals surface area contributed by atoms with Gasteiger partial charge in [-0.15, -0.1) is 16.9 Å². The second kappa shape index (κ2) is 8.54. The lowest BCUT2D eigenvalue weighted by molar-refractivity contribution is 0.102. The molecule has 4 aromatic rings. The zero-order valence-electron chi connectivity index (χ0n) is 15.0. The number of nitrogens with one attached hydrogen (secondary N) is 1. The van der Waals surface area contributed by atoms with Crippen LogP contribution in [0.4, 0.5) is 5.69 Å². The van der Waals surface area contributed by atoms with Crippen molar-refractivity contribution in [3.63, 3.8) is 0 Å². The number of para-hydroxylation sites is 2. The molecule has 4 rings (SSSR count). The number of hydrogen-bond acceptors (Lipinski definition) is 4. The number of anilines is 1. The first-order valence-electron chi connectivity index (χ1n) is 8.83. The molecule has 6 heteroatoms. The minimum atomic E-state index is -0.160. The highest BCUT2D eigenvalue weighted by Crippen LogP contribution is 2.24. The van der Waals surface area contributed by atoms with Gasteiger partial charge in [-0.05, 0) is 42.0 Å². The Morgan fingerprint density at radius 2 is 1.68 bits per heavy atom. The number of aromatic nitrogens is 3. The van der Waals surface area contributed by atoms with Crippen molar-refractivity contribution in [1.29, 1.82) is 0 Å². The molecule has 5 nitrogen and oxygen atoms in total. The Morgan fingerprint density at radius 3 is 2.43 bits per heavy atom. The molecule has 138 valence electrons. The molecule has 0 bridgehead atoms. The minimum absolute atomic E-state index is 0.160. The predicted molar refractivity (Wildman–Crippen MR) is 112 cm³/mol. The molecule has 1 heterocycles. The first kappa shape index (κ1) is 18.0. The minimum Gasteiger partial charge on any atom is -0.320 e. The van der Waals surface area contributed by atoms with Crippen LogP contribution >= 0.6 is 11.8 Å². The topological polar surface area (TPSA) is 59.8 Å². The molecular formula is C22H18N4OS.